The van der Waals surface area contributed by atoms with Crippen molar-refractivity contribution in [2.45, 2.75) is 58.5 Å². The van der Waals surface area contributed by atoms with Gasteiger partial charge in [-0.2, -0.15) is 0 Å². The van der Waals surface area contributed by atoms with Crippen molar-refractivity contribution in [2.75, 3.05) is 18.0 Å². The number of anilines is 1. The molecule has 1 aliphatic heterocycles. The molecule has 5 heteroatoms. The van der Waals surface area contributed by atoms with E-state index in [1.54, 1.807) is 0 Å². The van der Waals surface area contributed by atoms with Crippen molar-refractivity contribution in [3.05, 3.63) is 65.2 Å². The van der Waals surface area contributed by atoms with Gasteiger partial charge in [-0.1, -0.05) is 31.2 Å². The summed E-state index contributed by atoms with van der Waals surface area (Å²) >= 11 is 0. The molecule has 0 atom stereocenters. The SMILES string of the molecule is CCc1ccc(C(=O)NC2CCN(c3ccccc3C(=O)NC(C)(C)C)CC2)cc1. The monoisotopic (exact) mass is 407 g/mol. The Morgan fingerprint density at radius 1 is 0.967 bits per heavy atom. The molecule has 160 valence electrons. The topological polar surface area (TPSA) is 61.4 Å². The molecule has 2 N–H and O–H groups in total. The lowest BCUT2D eigenvalue weighted by Crippen LogP contribution is -2.45. The first-order valence-corrected chi connectivity index (χ1v) is 10.8. The van der Waals surface area contributed by atoms with Crippen LogP contribution in [-0.2, 0) is 6.42 Å². The normalized spacial score (nSPS) is 15.0. The molecule has 2 amide bonds. The predicted molar refractivity (Wildman–Crippen MR) is 122 cm³/mol. The average molecular weight is 408 g/mol. The zero-order chi connectivity index (χ0) is 21.7. The second-order valence-electron chi connectivity index (χ2n) is 9.01. The van der Waals surface area contributed by atoms with Crippen LogP contribution in [-0.4, -0.2) is 36.5 Å². The van der Waals surface area contributed by atoms with Gasteiger partial charge < -0.3 is 15.5 Å². The van der Waals surface area contributed by atoms with Crippen LogP contribution in [0.25, 0.3) is 0 Å². The third-order valence-electron chi connectivity index (χ3n) is 5.43. The van der Waals surface area contributed by atoms with Crippen LogP contribution >= 0.6 is 0 Å². The molecule has 0 spiro atoms. The van der Waals surface area contributed by atoms with Gasteiger partial charge in [-0.05, 0) is 69.9 Å². The van der Waals surface area contributed by atoms with Crippen molar-refractivity contribution in [3.8, 4) is 0 Å². The van der Waals surface area contributed by atoms with E-state index in [1.807, 2.05) is 69.3 Å². The maximum Gasteiger partial charge on any atom is 0.253 e. The number of rotatable bonds is 5. The largest absolute Gasteiger partial charge is 0.371 e. The van der Waals surface area contributed by atoms with Crippen molar-refractivity contribution in [2.24, 2.45) is 0 Å². The van der Waals surface area contributed by atoms with E-state index < -0.39 is 0 Å². The second-order valence-corrected chi connectivity index (χ2v) is 9.01. The van der Waals surface area contributed by atoms with E-state index in [4.69, 9.17) is 0 Å². The van der Waals surface area contributed by atoms with Crippen LogP contribution in [0.5, 0.6) is 0 Å². The molecule has 30 heavy (non-hydrogen) atoms. The van der Waals surface area contributed by atoms with Gasteiger partial charge in [0.25, 0.3) is 11.8 Å². The molecular weight excluding hydrogens is 374 g/mol. The highest BCUT2D eigenvalue weighted by Crippen LogP contribution is 2.25. The Morgan fingerprint density at radius 3 is 2.20 bits per heavy atom. The van der Waals surface area contributed by atoms with Crippen LogP contribution in [0.3, 0.4) is 0 Å². The summed E-state index contributed by atoms with van der Waals surface area (Å²) in [5.41, 5.74) is 3.31. The van der Waals surface area contributed by atoms with Gasteiger partial charge in [0.2, 0.25) is 0 Å². The van der Waals surface area contributed by atoms with E-state index in [2.05, 4.69) is 22.5 Å². The van der Waals surface area contributed by atoms with Crippen LogP contribution in [0.15, 0.2) is 48.5 Å². The smallest absolute Gasteiger partial charge is 0.253 e. The lowest BCUT2D eigenvalue weighted by molar-refractivity contribution is 0.0917. The summed E-state index contributed by atoms with van der Waals surface area (Å²) in [5, 5.41) is 6.22. The van der Waals surface area contributed by atoms with E-state index in [-0.39, 0.29) is 23.4 Å². The molecule has 1 fully saturated rings. The summed E-state index contributed by atoms with van der Waals surface area (Å²) in [6.07, 6.45) is 2.68. The van der Waals surface area contributed by atoms with E-state index in [9.17, 15) is 9.59 Å². The molecule has 1 heterocycles. The Kier molecular flexibility index (Phi) is 6.80. The lowest BCUT2D eigenvalue weighted by atomic mass is 10.0. The fourth-order valence-corrected chi connectivity index (χ4v) is 3.77. The average Bonchev–Trinajstić information content (AvgIpc) is 2.73. The number of hydrogen-bond donors (Lipinski definition) is 2. The minimum absolute atomic E-state index is 0.0129. The van der Waals surface area contributed by atoms with Crippen molar-refractivity contribution >= 4 is 17.5 Å². The van der Waals surface area contributed by atoms with Crippen LogP contribution in [0.1, 0.15) is 66.8 Å². The molecule has 0 aliphatic carbocycles. The van der Waals surface area contributed by atoms with Crippen LogP contribution < -0.4 is 15.5 Å². The maximum absolute atomic E-state index is 12.7. The Bertz CT molecular complexity index is 876. The number of amides is 2. The lowest BCUT2D eigenvalue weighted by Gasteiger charge is -2.35. The number of piperidine rings is 1. The fraction of sp³-hybridized carbons (Fsp3) is 0.440. The Labute approximate surface area is 179 Å². The highest BCUT2D eigenvalue weighted by Gasteiger charge is 2.25. The molecule has 0 unspecified atom stereocenters. The number of benzene rings is 2. The van der Waals surface area contributed by atoms with Gasteiger partial charge in [-0.25, -0.2) is 0 Å². The molecule has 2 aromatic carbocycles. The molecule has 5 nitrogen and oxygen atoms in total. The van der Waals surface area contributed by atoms with Crippen molar-refractivity contribution in [1.82, 2.24) is 10.6 Å². The molecular formula is C25H33N3O2. The summed E-state index contributed by atoms with van der Waals surface area (Å²) in [6.45, 7) is 9.67. The summed E-state index contributed by atoms with van der Waals surface area (Å²) in [4.78, 5) is 27.6. The van der Waals surface area contributed by atoms with Gasteiger partial charge in [0.1, 0.15) is 0 Å². The van der Waals surface area contributed by atoms with Crippen LogP contribution in [0.2, 0.25) is 0 Å². The first kappa shape index (κ1) is 21.9. The highest BCUT2D eigenvalue weighted by molar-refractivity contribution is 6.00. The van der Waals surface area contributed by atoms with Crippen LogP contribution in [0, 0.1) is 0 Å². The number of nitrogens with one attached hydrogen (secondary N) is 2. The van der Waals surface area contributed by atoms with E-state index in [0.717, 1.165) is 38.0 Å². The number of carbonyl (C=O) groups is 2. The summed E-state index contributed by atoms with van der Waals surface area (Å²) < 4.78 is 0. The Hall–Kier alpha value is -2.82. The van der Waals surface area contributed by atoms with Gasteiger partial charge in [0, 0.05) is 35.9 Å². The van der Waals surface area contributed by atoms with Crippen molar-refractivity contribution in [1.29, 1.82) is 0 Å². The molecule has 0 aromatic heterocycles. The van der Waals surface area contributed by atoms with E-state index in [0.29, 0.717) is 11.1 Å². The number of nitrogens with zero attached hydrogens (tertiary/aromatic N) is 1. The quantitative estimate of drug-likeness (QED) is 0.782. The molecule has 2 aromatic rings. The maximum atomic E-state index is 12.7. The first-order valence-electron chi connectivity index (χ1n) is 10.8. The van der Waals surface area contributed by atoms with Gasteiger partial charge in [0.05, 0.1) is 5.56 Å². The number of hydrogen-bond acceptors (Lipinski definition) is 3. The fourth-order valence-electron chi connectivity index (χ4n) is 3.77. The third-order valence-corrected chi connectivity index (χ3v) is 5.43. The predicted octanol–water partition coefficient (Wildman–Crippen LogP) is 4.18. The third kappa shape index (κ3) is 5.62. The van der Waals surface area contributed by atoms with Gasteiger partial charge in [0.15, 0.2) is 0 Å². The van der Waals surface area contributed by atoms with Gasteiger partial charge in [-0.15, -0.1) is 0 Å². The number of para-hydroxylation sites is 1. The number of carbonyl (C=O) groups excluding carboxylic acids is 2. The minimum Gasteiger partial charge on any atom is -0.371 e. The molecule has 1 aliphatic rings. The summed E-state index contributed by atoms with van der Waals surface area (Å²) in [5.74, 6) is -0.0647. The van der Waals surface area contributed by atoms with Crippen molar-refractivity contribution < 1.29 is 9.59 Å². The molecule has 1 saturated heterocycles. The van der Waals surface area contributed by atoms with Gasteiger partial charge >= 0.3 is 0 Å². The zero-order valence-corrected chi connectivity index (χ0v) is 18.5. The Morgan fingerprint density at radius 2 is 1.60 bits per heavy atom. The minimum atomic E-state index is -0.281. The first-order chi connectivity index (χ1) is 14.3. The zero-order valence-electron chi connectivity index (χ0n) is 18.5. The molecule has 0 saturated carbocycles. The van der Waals surface area contributed by atoms with Crippen molar-refractivity contribution in [3.63, 3.8) is 0 Å². The molecule has 3 rings (SSSR count). The second kappa shape index (κ2) is 9.33. The van der Waals surface area contributed by atoms with Gasteiger partial charge in [-0.3, -0.25) is 9.59 Å². The van der Waals surface area contributed by atoms with E-state index >= 15 is 0 Å². The summed E-state index contributed by atoms with van der Waals surface area (Å²) in [6, 6.07) is 15.7. The highest BCUT2D eigenvalue weighted by atomic mass is 16.2. The standard InChI is InChI=1S/C25H33N3O2/c1-5-18-10-12-19(13-11-18)23(29)26-20-14-16-28(17-15-20)22-9-7-6-8-21(22)24(30)27-25(2,3)4/h6-13,20H,5,14-17H2,1-4H3,(H,26,29)(H,27,30). The Balaban J connectivity index is 1.60. The summed E-state index contributed by atoms with van der Waals surface area (Å²) in [7, 11) is 0. The molecule has 0 bridgehead atoms. The molecule has 0 radical (unpaired) electrons. The van der Waals surface area contributed by atoms with E-state index in [1.165, 1.54) is 5.56 Å². The van der Waals surface area contributed by atoms with Crippen LogP contribution in [0.4, 0.5) is 5.69 Å². The number of aryl methyl sites for hydroxylation is 1.